The predicted molar refractivity (Wildman–Crippen MR) is 92.3 cm³/mol. The van der Waals surface area contributed by atoms with Crippen molar-refractivity contribution < 1.29 is 4.79 Å². The van der Waals surface area contributed by atoms with Gasteiger partial charge in [0.2, 0.25) is 0 Å². The van der Waals surface area contributed by atoms with Crippen molar-refractivity contribution in [3.8, 4) is 0 Å². The molecule has 1 amide bonds. The van der Waals surface area contributed by atoms with Crippen molar-refractivity contribution in [3.63, 3.8) is 0 Å². The van der Waals surface area contributed by atoms with Crippen LogP contribution in [0.4, 0.5) is 11.5 Å². The number of halogens is 1. The van der Waals surface area contributed by atoms with Crippen LogP contribution in [0.25, 0.3) is 0 Å². The molecular weight excluding hydrogens is 314 g/mol. The van der Waals surface area contributed by atoms with Crippen molar-refractivity contribution in [2.24, 2.45) is 0 Å². The molecule has 0 saturated carbocycles. The van der Waals surface area contributed by atoms with Gasteiger partial charge in [-0.15, -0.1) is 10.2 Å². The molecule has 0 saturated heterocycles. The van der Waals surface area contributed by atoms with Crippen molar-refractivity contribution in [2.45, 2.75) is 6.42 Å². The molecule has 0 spiro atoms. The standard InChI is InChI=1S/C16H20ClN5O/c1-22(2)10-4-9-18-16(23)14-7-8-15(21-20-14)19-13-6-3-5-12(17)11-13/h3,5-8,11H,4,9-10H2,1-2H3,(H,18,23)(H,19,21). The molecule has 2 N–H and O–H groups in total. The number of aromatic nitrogens is 2. The van der Waals surface area contributed by atoms with Crippen molar-refractivity contribution in [3.05, 3.63) is 47.1 Å². The number of hydrogen-bond donors (Lipinski definition) is 2. The summed E-state index contributed by atoms with van der Waals surface area (Å²) >= 11 is 5.93. The third-order valence-corrected chi connectivity index (χ3v) is 3.30. The average molecular weight is 334 g/mol. The molecule has 0 bridgehead atoms. The van der Waals surface area contributed by atoms with E-state index in [1.54, 1.807) is 24.3 Å². The molecule has 0 fully saturated rings. The first kappa shape index (κ1) is 17.2. The first-order valence-electron chi connectivity index (χ1n) is 7.34. The van der Waals surface area contributed by atoms with Gasteiger partial charge < -0.3 is 15.5 Å². The second-order valence-electron chi connectivity index (χ2n) is 5.35. The lowest BCUT2D eigenvalue weighted by atomic mass is 10.3. The second-order valence-corrected chi connectivity index (χ2v) is 5.79. The van der Waals surface area contributed by atoms with Gasteiger partial charge in [0, 0.05) is 17.3 Å². The molecule has 23 heavy (non-hydrogen) atoms. The summed E-state index contributed by atoms with van der Waals surface area (Å²) in [7, 11) is 4.00. The van der Waals surface area contributed by atoms with Crippen molar-refractivity contribution in [1.82, 2.24) is 20.4 Å². The Kier molecular flexibility index (Phi) is 6.31. The molecule has 1 aromatic carbocycles. The van der Waals surface area contributed by atoms with Gasteiger partial charge >= 0.3 is 0 Å². The highest BCUT2D eigenvalue weighted by Crippen LogP contribution is 2.18. The van der Waals surface area contributed by atoms with Gasteiger partial charge in [0.15, 0.2) is 11.5 Å². The number of benzene rings is 1. The van der Waals surface area contributed by atoms with E-state index in [0.29, 0.717) is 23.1 Å². The number of amides is 1. The third kappa shape index (κ3) is 5.84. The minimum Gasteiger partial charge on any atom is -0.351 e. The summed E-state index contributed by atoms with van der Waals surface area (Å²) in [5.74, 6) is 0.335. The molecule has 6 nitrogen and oxygen atoms in total. The molecule has 0 radical (unpaired) electrons. The van der Waals surface area contributed by atoms with Crippen LogP contribution in [0.1, 0.15) is 16.9 Å². The van der Waals surface area contributed by atoms with Crippen LogP contribution in [0.15, 0.2) is 36.4 Å². The van der Waals surface area contributed by atoms with Crippen LogP contribution in [0.3, 0.4) is 0 Å². The Balaban J connectivity index is 1.87. The topological polar surface area (TPSA) is 70.2 Å². The highest BCUT2D eigenvalue weighted by molar-refractivity contribution is 6.30. The largest absolute Gasteiger partial charge is 0.351 e. The van der Waals surface area contributed by atoms with E-state index in [1.165, 1.54) is 0 Å². The highest BCUT2D eigenvalue weighted by atomic mass is 35.5. The molecule has 1 aromatic heterocycles. The zero-order valence-corrected chi connectivity index (χ0v) is 14.0. The van der Waals surface area contributed by atoms with Crippen LogP contribution < -0.4 is 10.6 Å². The van der Waals surface area contributed by atoms with Crippen LogP contribution in [-0.2, 0) is 0 Å². The highest BCUT2D eigenvalue weighted by Gasteiger charge is 2.07. The molecule has 1 heterocycles. The Labute approximate surface area is 140 Å². The maximum absolute atomic E-state index is 11.9. The minimum absolute atomic E-state index is 0.217. The Morgan fingerprint density at radius 2 is 2.04 bits per heavy atom. The summed E-state index contributed by atoms with van der Waals surface area (Å²) in [6, 6.07) is 10.6. The zero-order valence-electron chi connectivity index (χ0n) is 13.2. The predicted octanol–water partition coefficient (Wildman–Crippen LogP) is 2.56. The van der Waals surface area contributed by atoms with Gasteiger partial charge in [-0.1, -0.05) is 17.7 Å². The van der Waals surface area contributed by atoms with Crippen molar-refractivity contribution in [1.29, 1.82) is 0 Å². The lowest BCUT2D eigenvalue weighted by Gasteiger charge is -2.09. The number of carbonyl (C=O) groups excluding carboxylic acids is 1. The normalized spacial score (nSPS) is 10.6. The maximum atomic E-state index is 11.9. The van der Waals surface area contributed by atoms with E-state index < -0.39 is 0 Å². The van der Waals surface area contributed by atoms with E-state index in [1.807, 2.05) is 26.2 Å². The molecule has 0 aliphatic carbocycles. The fraction of sp³-hybridized carbons (Fsp3) is 0.312. The minimum atomic E-state index is -0.217. The SMILES string of the molecule is CN(C)CCCNC(=O)c1ccc(Nc2cccc(Cl)c2)nn1. The number of rotatable bonds is 7. The number of anilines is 2. The van der Waals surface area contributed by atoms with E-state index in [2.05, 4.69) is 25.7 Å². The Hall–Kier alpha value is -2.18. The van der Waals surface area contributed by atoms with Gasteiger partial charge in [-0.25, -0.2) is 0 Å². The first-order valence-corrected chi connectivity index (χ1v) is 7.71. The molecular formula is C16H20ClN5O. The summed E-state index contributed by atoms with van der Waals surface area (Å²) in [5.41, 5.74) is 1.11. The van der Waals surface area contributed by atoms with Crippen LogP contribution in [-0.4, -0.2) is 48.2 Å². The second kappa shape index (κ2) is 8.45. The summed E-state index contributed by atoms with van der Waals surface area (Å²) in [4.78, 5) is 14.0. The maximum Gasteiger partial charge on any atom is 0.271 e. The summed E-state index contributed by atoms with van der Waals surface area (Å²) in [6.07, 6.45) is 0.889. The number of nitrogens with zero attached hydrogens (tertiary/aromatic N) is 3. The molecule has 7 heteroatoms. The average Bonchev–Trinajstić information content (AvgIpc) is 2.52. The van der Waals surface area contributed by atoms with Crippen molar-refractivity contribution >= 4 is 29.0 Å². The van der Waals surface area contributed by atoms with Crippen LogP contribution in [0, 0.1) is 0 Å². The Morgan fingerprint density at radius 1 is 1.22 bits per heavy atom. The number of carbonyl (C=O) groups is 1. The van der Waals surface area contributed by atoms with E-state index in [-0.39, 0.29) is 5.91 Å². The molecule has 122 valence electrons. The van der Waals surface area contributed by atoms with E-state index >= 15 is 0 Å². The zero-order chi connectivity index (χ0) is 16.7. The fourth-order valence-electron chi connectivity index (χ4n) is 1.92. The van der Waals surface area contributed by atoms with E-state index in [0.717, 1.165) is 18.7 Å². The third-order valence-electron chi connectivity index (χ3n) is 3.06. The Bertz CT molecular complexity index is 645. The molecule has 0 aliphatic heterocycles. The monoisotopic (exact) mass is 333 g/mol. The van der Waals surface area contributed by atoms with Gasteiger partial charge in [-0.2, -0.15) is 0 Å². The Morgan fingerprint density at radius 3 is 2.70 bits per heavy atom. The van der Waals surface area contributed by atoms with Gasteiger partial charge in [0.1, 0.15) is 0 Å². The fourth-order valence-corrected chi connectivity index (χ4v) is 2.11. The molecule has 0 aliphatic rings. The molecule has 2 aromatic rings. The first-order chi connectivity index (χ1) is 11.0. The molecule has 0 atom stereocenters. The molecule has 2 rings (SSSR count). The van der Waals surface area contributed by atoms with E-state index in [4.69, 9.17) is 11.6 Å². The smallest absolute Gasteiger partial charge is 0.271 e. The van der Waals surface area contributed by atoms with Crippen LogP contribution >= 0.6 is 11.6 Å². The summed E-state index contributed by atoms with van der Waals surface area (Å²) < 4.78 is 0. The van der Waals surface area contributed by atoms with Crippen LogP contribution in [0.2, 0.25) is 5.02 Å². The van der Waals surface area contributed by atoms with E-state index in [9.17, 15) is 4.79 Å². The van der Waals surface area contributed by atoms with Gasteiger partial charge in [0.25, 0.3) is 5.91 Å². The quantitative estimate of drug-likeness (QED) is 0.762. The van der Waals surface area contributed by atoms with Crippen LogP contribution in [0.5, 0.6) is 0 Å². The number of hydrogen-bond acceptors (Lipinski definition) is 5. The van der Waals surface area contributed by atoms with Gasteiger partial charge in [0.05, 0.1) is 0 Å². The molecule has 0 unspecified atom stereocenters. The van der Waals surface area contributed by atoms with Crippen molar-refractivity contribution in [2.75, 3.05) is 32.5 Å². The van der Waals surface area contributed by atoms with Gasteiger partial charge in [-0.3, -0.25) is 4.79 Å². The number of nitrogens with one attached hydrogen (secondary N) is 2. The summed E-state index contributed by atoms with van der Waals surface area (Å²) in [5, 5.41) is 14.5. The van der Waals surface area contributed by atoms with Gasteiger partial charge in [-0.05, 0) is 57.4 Å². The lowest BCUT2D eigenvalue weighted by Crippen LogP contribution is -2.28. The lowest BCUT2D eigenvalue weighted by molar-refractivity contribution is 0.0946. The summed E-state index contributed by atoms with van der Waals surface area (Å²) in [6.45, 7) is 1.54.